The number of aromatic nitrogens is 2. The van der Waals surface area contributed by atoms with Gasteiger partial charge in [0.2, 0.25) is 5.91 Å². The van der Waals surface area contributed by atoms with Gasteiger partial charge in [0.15, 0.2) is 0 Å². The Balaban J connectivity index is 1.95. The monoisotopic (exact) mass is 371 g/mol. The molecule has 4 rings (SSSR count). The van der Waals surface area contributed by atoms with Crippen LogP contribution in [0.25, 0.3) is 11.1 Å². The quantitative estimate of drug-likeness (QED) is 0.738. The van der Waals surface area contributed by atoms with Gasteiger partial charge in [-0.2, -0.15) is 5.10 Å². The Hall–Kier alpha value is -3.00. The number of amides is 1. The number of nitrogens with one attached hydrogen (secondary N) is 1. The standard InChI is InChI=1S/C18H14FN3O3S/c1-22-8-10(7-20-22)12-6-13(23)21-15-14(9-3-2-4-11(19)5-9)17(18(24)25)26-16(12)15/h2-5,7-8,12H,6H2,1H3,(H,21,23)(H,24,25)/t12-/m0/s1. The van der Waals surface area contributed by atoms with E-state index in [0.717, 1.165) is 21.8 Å². The van der Waals surface area contributed by atoms with Crippen LogP contribution in [0.2, 0.25) is 0 Å². The molecular formula is C18H14FN3O3S. The molecule has 0 radical (unpaired) electrons. The van der Waals surface area contributed by atoms with Crippen LogP contribution in [0.4, 0.5) is 10.1 Å². The molecule has 1 aliphatic rings. The Labute approximate surface area is 151 Å². The second-order valence-corrected chi connectivity index (χ2v) is 7.17. The normalized spacial score (nSPS) is 16.2. The van der Waals surface area contributed by atoms with E-state index in [2.05, 4.69) is 10.4 Å². The maximum absolute atomic E-state index is 13.7. The number of carbonyl (C=O) groups is 2. The summed E-state index contributed by atoms with van der Waals surface area (Å²) in [5.41, 5.74) is 2.06. The molecule has 0 bridgehead atoms. The van der Waals surface area contributed by atoms with Crippen molar-refractivity contribution in [3.05, 3.63) is 57.8 Å². The molecule has 8 heteroatoms. The largest absolute Gasteiger partial charge is 0.477 e. The second kappa shape index (κ2) is 6.06. The van der Waals surface area contributed by atoms with E-state index in [1.165, 1.54) is 18.2 Å². The highest BCUT2D eigenvalue weighted by Gasteiger charge is 2.35. The van der Waals surface area contributed by atoms with E-state index >= 15 is 0 Å². The van der Waals surface area contributed by atoms with E-state index in [-0.39, 0.29) is 23.1 Å². The molecule has 0 saturated heterocycles. The summed E-state index contributed by atoms with van der Waals surface area (Å²) in [4.78, 5) is 24.9. The Bertz CT molecular complexity index is 1040. The van der Waals surface area contributed by atoms with Crippen molar-refractivity contribution in [3.8, 4) is 11.1 Å². The lowest BCUT2D eigenvalue weighted by molar-refractivity contribution is -0.116. The van der Waals surface area contributed by atoms with Gasteiger partial charge in [-0.25, -0.2) is 9.18 Å². The topological polar surface area (TPSA) is 84.2 Å². The third-order valence-electron chi connectivity index (χ3n) is 4.34. The number of benzene rings is 1. The van der Waals surface area contributed by atoms with Gasteiger partial charge >= 0.3 is 5.97 Å². The summed E-state index contributed by atoms with van der Waals surface area (Å²) in [6, 6.07) is 5.72. The number of carbonyl (C=O) groups excluding carboxylic acids is 1. The van der Waals surface area contributed by atoms with Gasteiger partial charge in [0.05, 0.1) is 11.9 Å². The van der Waals surface area contributed by atoms with Gasteiger partial charge < -0.3 is 10.4 Å². The number of carboxylic acids is 1. The van der Waals surface area contributed by atoms with Gasteiger partial charge in [-0.15, -0.1) is 11.3 Å². The minimum atomic E-state index is -1.11. The van der Waals surface area contributed by atoms with Crippen LogP contribution in [0, 0.1) is 5.82 Å². The van der Waals surface area contributed by atoms with Gasteiger partial charge in [-0.3, -0.25) is 9.48 Å². The van der Waals surface area contributed by atoms with E-state index in [0.29, 0.717) is 16.8 Å². The number of hydrogen-bond donors (Lipinski definition) is 2. The first kappa shape index (κ1) is 16.5. The predicted octanol–water partition coefficient (Wildman–Crippen LogP) is 3.46. The van der Waals surface area contributed by atoms with Gasteiger partial charge in [0, 0.05) is 36.0 Å². The lowest BCUT2D eigenvalue weighted by Gasteiger charge is -2.22. The molecule has 0 unspecified atom stereocenters. The fraction of sp³-hybridized carbons (Fsp3) is 0.167. The molecule has 1 atom stereocenters. The van der Waals surface area contributed by atoms with Crippen molar-refractivity contribution in [1.29, 1.82) is 0 Å². The third-order valence-corrected chi connectivity index (χ3v) is 5.63. The number of halogens is 1. The number of aryl methyl sites for hydroxylation is 1. The van der Waals surface area contributed by atoms with Gasteiger partial charge in [0.1, 0.15) is 10.7 Å². The Morgan fingerprint density at radius 2 is 2.27 bits per heavy atom. The highest BCUT2D eigenvalue weighted by Crippen LogP contribution is 2.49. The zero-order valence-corrected chi connectivity index (χ0v) is 14.5. The van der Waals surface area contributed by atoms with Crippen LogP contribution in [0.1, 0.15) is 32.5 Å². The summed E-state index contributed by atoms with van der Waals surface area (Å²) in [5, 5.41) is 16.6. The molecule has 26 heavy (non-hydrogen) atoms. The van der Waals surface area contributed by atoms with Crippen molar-refractivity contribution in [2.45, 2.75) is 12.3 Å². The van der Waals surface area contributed by atoms with Crippen LogP contribution in [0.15, 0.2) is 36.7 Å². The Morgan fingerprint density at radius 1 is 1.46 bits per heavy atom. The number of fused-ring (bicyclic) bond motifs is 1. The Kier molecular flexibility index (Phi) is 3.84. The van der Waals surface area contributed by atoms with Gasteiger partial charge in [-0.1, -0.05) is 12.1 Å². The molecule has 3 aromatic rings. The number of hydrogen-bond acceptors (Lipinski definition) is 4. The molecule has 0 spiro atoms. The molecule has 3 heterocycles. The van der Waals surface area contributed by atoms with Crippen molar-refractivity contribution < 1.29 is 19.1 Å². The summed E-state index contributed by atoms with van der Waals surface area (Å²) in [5.74, 6) is -2.07. The van der Waals surface area contributed by atoms with Crippen LogP contribution in [-0.4, -0.2) is 26.8 Å². The third kappa shape index (κ3) is 2.68. The Morgan fingerprint density at radius 3 is 2.92 bits per heavy atom. The number of rotatable bonds is 3. The summed E-state index contributed by atoms with van der Waals surface area (Å²) >= 11 is 1.11. The van der Waals surface area contributed by atoms with E-state index < -0.39 is 11.8 Å². The molecule has 0 aliphatic carbocycles. The zero-order chi connectivity index (χ0) is 18.4. The molecule has 1 amide bonds. The van der Waals surface area contributed by atoms with Crippen LogP contribution in [0.3, 0.4) is 0 Å². The number of thiophene rings is 1. The molecule has 6 nitrogen and oxygen atoms in total. The van der Waals surface area contributed by atoms with Gasteiger partial charge in [-0.05, 0) is 23.3 Å². The van der Waals surface area contributed by atoms with Crippen LogP contribution in [-0.2, 0) is 11.8 Å². The van der Waals surface area contributed by atoms with E-state index in [1.807, 2.05) is 6.20 Å². The highest BCUT2D eigenvalue weighted by molar-refractivity contribution is 7.15. The van der Waals surface area contributed by atoms with Crippen LogP contribution >= 0.6 is 11.3 Å². The summed E-state index contributed by atoms with van der Waals surface area (Å²) in [6.07, 6.45) is 3.70. The first-order valence-corrected chi connectivity index (χ1v) is 8.70. The lowest BCUT2D eigenvalue weighted by atomic mass is 9.90. The van der Waals surface area contributed by atoms with E-state index in [1.54, 1.807) is 24.0 Å². The first-order chi connectivity index (χ1) is 12.4. The average Bonchev–Trinajstić information content (AvgIpc) is 3.18. The van der Waals surface area contributed by atoms with Crippen LogP contribution < -0.4 is 5.32 Å². The summed E-state index contributed by atoms with van der Waals surface area (Å²) in [7, 11) is 1.78. The maximum atomic E-state index is 13.7. The lowest BCUT2D eigenvalue weighted by Crippen LogP contribution is -2.22. The average molecular weight is 371 g/mol. The zero-order valence-electron chi connectivity index (χ0n) is 13.7. The first-order valence-electron chi connectivity index (χ1n) is 7.88. The van der Waals surface area contributed by atoms with Crippen molar-refractivity contribution in [3.63, 3.8) is 0 Å². The minimum absolute atomic E-state index is 0.0803. The number of nitrogens with zero attached hydrogens (tertiary/aromatic N) is 2. The number of aromatic carboxylic acids is 1. The van der Waals surface area contributed by atoms with Crippen molar-refractivity contribution in [2.75, 3.05) is 5.32 Å². The molecule has 0 fully saturated rings. The predicted molar refractivity (Wildman–Crippen MR) is 95.0 cm³/mol. The summed E-state index contributed by atoms with van der Waals surface area (Å²) < 4.78 is 15.3. The number of anilines is 1. The van der Waals surface area contributed by atoms with E-state index in [4.69, 9.17) is 0 Å². The van der Waals surface area contributed by atoms with Crippen LogP contribution in [0.5, 0.6) is 0 Å². The van der Waals surface area contributed by atoms with Crippen molar-refractivity contribution >= 4 is 28.9 Å². The van der Waals surface area contributed by atoms with Crippen molar-refractivity contribution in [1.82, 2.24) is 9.78 Å². The fourth-order valence-electron chi connectivity index (χ4n) is 3.25. The van der Waals surface area contributed by atoms with Crippen molar-refractivity contribution in [2.24, 2.45) is 7.05 Å². The molecule has 2 aromatic heterocycles. The molecule has 2 N–H and O–H groups in total. The fourth-order valence-corrected chi connectivity index (χ4v) is 4.49. The summed E-state index contributed by atoms with van der Waals surface area (Å²) in [6.45, 7) is 0. The number of carboxylic acid groups (broad SMARTS) is 1. The smallest absolute Gasteiger partial charge is 0.346 e. The highest BCUT2D eigenvalue weighted by atomic mass is 32.1. The molecule has 132 valence electrons. The SMILES string of the molecule is Cn1cc([C@@H]2CC(=O)Nc3c2sc(C(=O)O)c3-c2cccc(F)c2)cn1. The molecule has 1 aliphatic heterocycles. The molecular weight excluding hydrogens is 357 g/mol. The molecule has 1 aromatic carbocycles. The second-order valence-electron chi connectivity index (χ2n) is 6.11. The van der Waals surface area contributed by atoms with E-state index in [9.17, 15) is 19.1 Å². The minimum Gasteiger partial charge on any atom is -0.477 e. The molecule has 0 saturated carbocycles. The van der Waals surface area contributed by atoms with Gasteiger partial charge in [0.25, 0.3) is 0 Å². The maximum Gasteiger partial charge on any atom is 0.346 e.